The molecule has 0 bridgehead atoms. The summed E-state index contributed by atoms with van der Waals surface area (Å²) < 4.78 is 26.7. The molecule has 0 N–H and O–H groups in total. The van der Waals surface area contributed by atoms with Gasteiger partial charge in [-0.15, -0.1) is 11.6 Å². The van der Waals surface area contributed by atoms with Crippen LogP contribution < -0.4 is 0 Å². The Kier molecular flexibility index (Phi) is 4.54. The van der Waals surface area contributed by atoms with Gasteiger partial charge in [-0.1, -0.05) is 26.0 Å². The molecule has 0 aliphatic carbocycles. The first-order chi connectivity index (χ1) is 8.95. The van der Waals surface area contributed by atoms with Crippen LogP contribution in [-0.4, -0.2) is 25.8 Å². The van der Waals surface area contributed by atoms with Crippen molar-refractivity contribution in [2.45, 2.75) is 31.0 Å². The number of rotatable bonds is 4. The number of nitrogens with zero attached hydrogens (tertiary/aromatic N) is 1. The Hall–Kier alpha value is -0.580. The monoisotopic (exact) mass is 301 g/mol. The molecule has 0 amide bonds. The first-order valence-electron chi connectivity index (χ1n) is 6.60. The maximum atomic E-state index is 12.6. The van der Waals surface area contributed by atoms with E-state index in [1.54, 1.807) is 22.5 Å². The summed E-state index contributed by atoms with van der Waals surface area (Å²) in [4.78, 5) is 0.357. The Morgan fingerprint density at radius 2 is 2.16 bits per heavy atom. The quantitative estimate of drug-likeness (QED) is 0.802. The van der Waals surface area contributed by atoms with Gasteiger partial charge in [-0.2, -0.15) is 4.31 Å². The van der Waals surface area contributed by atoms with Gasteiger partial charge in [-0.05, 0) is 36.0 Å². The van der Waals surface area contributed by atoms with E-state index in [9.17, 15) is 8.42 Å². The number of hydrogen-bond donors (Lipinski definition) is 0. The lowest BCUT2D eigenvalue weighted by atomic mass is 9.96. The third-order valence-electron chi connectivity index (χ3n) is 3.82. The molecule has 0 aromatic heterocycles. The highest BCUT2D eigenvalue weighted by molar-refractivity contribution is 7.89. The van der Waals surface area contributed by atoms with E-state index in [0.717, 1.165) is 12.0 Å². The normalized spacial score (nSPS) is 21.2. The third-order valence-corrected chi connectivity index (χ3v) is 5.99. The molecule has 1 fully saturated rings. The fraction of sp³-hybridized carbons (Fsp3) is 0.571. The number of halogens is 1. The van der Waals surface area contributed by atoms with Gasteiger partial charge in [0.2, 0.25) is 10.0 Å². The summed E-state index contributed by atoms with van der Waals surface area (Å²) in [5, 5.41) is 0. The predicted molar refractivity (Wildman–Crippen MR) is 77.7 cm³/mol. The Morgan fingerprint density at radius 3 is 2.74 bits per heavy atom. The first-order valence-corrected chi connectivity index (χ1v) is 8.57. The van der Waals surface area contributed by atoms with Crippen molar-refractivity contribution >= 4 is 21.6 Å². The van der Waals surface area contributed by atoms with Gasteiger partial charge in [0, 0.05) is 19.0 Å². The molecule has 0 radical (unpaired) electrons. The average molecular weight is 302 g/mol. The summed E-state index contributed by atoms with van der Waals surface area (Å²) in [5.41, 5.74) is 0.836. The number of alkyl halides is 1. The molecular weight excluding hydrogens is 282 g/mol. The van der Waals surface area contributed by atoms with Crippen LogP contribution in [0.3, 0.4) is 0 Å². The summed E-state index contributed by atoms with van der Waals surface area (Å²) in [5.74, 6) is 1.32. The summed E-state index contributed by atoms with van der Waals surface area (Å²) in [6.45, 7) is 5.55. The van der Waals surface area contributed by atoms with Crippen LogP contribution in [0.1, 0.15) is 25.8 Å². The van der Waals surface area contributed by atoms with E-state index >= 15 is 0 Å². The Bertz CT molecular complexity index is 542. The zero-order valence-corrected chi connectivity index (χ0v) is 12.9. The van der Waals surface area contributed by atoms with Gasteiger partial charge in [0.05, 0.1) is 4.90 Å². The van der Waals surface area contributed by atoms with Crippen molar-refractivity contribution in [2.24, 2.45) is 11.8 Å². The number of sulfonamides is 1. The van der Waals surface area contributed by atoms with Crippen molar-refractivity contribution < 1.29 is 8.42 Å². The van der Waals surface area contributed by atoms with E-state index < -0.39 is 10.0 Å². The second-order valence-corrected chi connectivity index (χ2v) is 7.64. The highest BCUT2D eigenvalue weighted by Gasteiger charge is 2.33. The topological polar surface area (TPSA) is 37.4 Å². The van der Waals surface area contributed by atoms with Gasteiger partial charge >= 0.3 is 0 Å². The Balaban J connectivity index is 2.23. The summed E-state index contributed by atoms with van der Waals surface area (Å²) >= 11 is 5.76. The van der Waals surface area contributed by atoms with E-state index in [1.807, 2.05) is 6.07 Å². The zero-order chi connectivity index (χ0) is 14.0. The Labute approximate surface area is 120 Å². The third kappa shape index (κ3) is 3.12. The van der Waals surface area contributed by atoms with Crippen LogP contribution in [0.2, 0.25) is 0 Å². The van der Waals surface area contributed by atoms with Gasteiger partial charge in [0.15, 0.2) is 0 Å². The molecule has 1 aromatic rings. The molecule has 0 spiro atoms. The zero-order valence-electron chi connectivity index (χ0n) is 11.3. The number of benzene rings is 1. The molecule has 5 heteroatoms. The van der Waals surface area contributed by atoms with Crippen LogP contribution in [-0.2, 0) is 15.9 Å². The van der Waals surface area contributed by atoms with Gasteiger partial charge in [0.25, 0.3) is 0 Å². The summed E-state index contributed by atoms with van der Waals surface area (Å²) in [7, 11) is -3.36. The van der Waals surface area contributed by atoms with E-state index in [1.165, 1.54) is 0 Å². The van der Waals surface area contributed by atoms with Crippen LogP contribution in [0, 0.1) is 11.8 Å². The summed E-state index contributed by atoms with van der Waals surface area (Å²) in [6, 6.07) is 6.91. The van der Waals surface area contributed by atoms with Crippen molar-refractivity contribution in [1.82, 2.24) is 4.31 Å². The average Bonchev–Trinajstić information content (AvgIpc) is 2.89. The maximum Gasteiger partial charge on any atom is 0.243 e. The van der Waals surface area contributed by atoms with Crippen molar-refractivity contribution in [3.05, 3.63) is 29.8 Å². The fourth-order valence-electron chi connectivity index (χ4n) is 2.45. The molecule has 1 atom stereocenters. The van der Waals surface area contributed by atoms with Gasteiger partial charge < -0.3 is 0 Å². The van der Waals surface area contributed by atoms with Crippen molar-refractivity contribution in [3.8, 4) is 0 Å². The van der Waals surface area contributed by atoms with Crippen LogP contribution >= 0.6 is 11.6 Å². The molecule has 2 rings (SSSR count). The molecule has 1 heterocycles. The standard InChI is InChI=1S/C14H20ClNO2S/c1-11(2)13-6-7-16(10-13)19(17,18)14-5-3-4-12(8-14)9-15/h3-5,8,11,13H,6-7,9-10H2,1-2H3. The van der Waals surface area contributed by atoms with Gasteiger partial charge in [-0.3, -0.25) is 0 Å². The van der Waals surface area contributed by atoms with E-state index in [-0.39, 0.29) is 0 Å². The predicted octanol–water partition coefficient (Wildman–Crippen LogP) is 3.09. The minimum atomic E-state index is -3.36. The second-order valence-electron chi connectivity index (χ2n) is 5.44. The van der Waals surface area contributed by atoms with Crippen LogP contribution in [0.15, 0.2) is 29.2 Å². The fourth-order valence-corrected chi connectivity index (χ4v) is 4.20. The molecular formula is C14H20ClNO2S. The lowest BCUT2D eigenvalue weighted by Gasteiger charge is -2.18. The molecule has 0 saturated carbocycles. The number of hydrogen-bond acceptors (Lipinski definition) is 2. The lowest BCUT2D eigenvalue weighted by Crippen LogP contribution is -2.29. The van der Waals surface area contributed by atoms with Gasteiger partial charge in [0.1, 0.15) is 0 Å². The first kappa shape index (κ1) is 14.8. The van der Waals surface area contributed by atoms with Crippen LogP contribution in [0.5, 0.6) is 0 Å². The van der Waals surface area contributed by atoms with E-state index in [4.69, 9.17) is 11.6 Å². The van der Waals surface area contributed by atoms with Crippen molar-refractivity contribution in [3.63, 3.8) is 0 Å². The highest BCUT2D eigenvalue weighted by atomic mass is 35.5. The molecule has 1 aliphatic heterocycles. The largest absolute Gasteiger partial charge is 0.243 e. The Morgan fingerprint density at radius 1 is 1.42 bits per heavy atom. The summed E-state index contributed by atoms with van der Waals surface area (Å²) in [6.07, 6.45) is 0.950. The van der Waals surface area contributed by atoms with Crippen LogP contribution in [0.4, 0.5) is 0 Å². The van der Waals surface area contributed by atoms with E-state index in [0.29, 0.717) is 35.7 Å². The minimum absolute atomic E-state index is 0.331. The smallest absolute Gasteiger partial charge is 0.207 e. The molecule has 106 valence electrons. The maximum absolute atomic E-state index is 12.6. The molecule has 1 aromatic carbocycles. The van der Waals surface area contributed by atoms with Crippen LogP contribution in [0.25, 0.3) is 0 Å². The second kappa shape index (κ2) is 5.81. The highest BCUT2D eigenvalue weighted by Crippen LogP contribution is 2.28. The minimum Gasteiger partial charge on any atom is -0.207 e. The van der Waals surface area contributed by atoms with Crippen molar-refractivity contribution in [2.75, 3.05) is 13.1 Å². The molecule has 1 saturated heterocycles. The van der Waals surface area contributed by atoms with Crippen molar-refractivity contribution in [1.29, 1.82) is 0 Å². The molecule has 1 aliphatic rings. The molecule has 3 nitrogen and oxygen atoms in total. The SMILES string of the molecule is CC(C)C1CCN(S(=O)(=O)c2cccc(CCl)c2)C1. The molecule has 19 heavy (non-hydrogen) atoms. The van der Waals surface area contributed by atoms with Gasteiger partial charge in [-0.25, -0.2) is 8.42 Å². The molecule has 1 unspecified atom stereocenters. The lowest BCUT2D eigenvalue weighted by molar-refractivity contribution is 0.388. The van der Waals surface area contributed by atoms with E-state index in [2.05, 4.69) is 13.8 Å².